The Morgan fingerprint density at radius 2 is 2.39 bits per heavy atom. The maximum atomic E-state index is 5.60. The van der Waals surface area contributed by atoms with Gasteiger partial charge in [-0.05, 0) is 38.4 Å². The van der Waals surface area contributed by atoms with E-state index >= 15 is 0 Å². The zero-order valence-corrected chi connectivity index (χ0v) is 11.4. The van der Waals surface area contributed by atoms with Crippen molar-refractivity contribution in [3.05, 3.63) is 28.3 Å². The first-order valence-electron chi connectivity index (χ1n) is 6.56. The van der Waals surface area contributed by atoms with Crippen LogP contribution in [0, 0.1) is 6.92 Å². The maximum absolute atomic E-state index is 5.60. The molecule has 0 aliphatic carbocycles. The molecule has 1 saturated heterocycles. The molecule has 3 heterocycles. The number of furan rings is 1. The summed E-state index contributed by atoms with van der Waals surface area (Å²) in [6.07, 6.45) is 4.97. The predicted octanol–water partition coefficient (Wildman–Crippen LogP) is 3.40. The van der Waals surface area contributed by atoms with Crippen molar-refractivity contribution in [3.8, 4) is 11.5 Å². The number of piperidine rings is 1. The minimum atomic E-state index is 0.607. The number of aryl methyl sites for hydroxylation is 1. The Labute approximate surface area is 111 Å². The smallest absolute Gasteiger partial charge is 0.153 e. The van der Waals surface area contributed by atoms with E-state index in [-0.39, 0.29) is 0 Å². The number of hydrogen-bond acceptors (Lipinski definition) is 4. The average Bonchev–Trinajstić information content (AvgIpc) is 2.99. The largest absolute Gasteiger partial charge is 0.460 e. The average molecular weight is 262 g/mol. The Bertz CT molecular complexity index is 511. The molecule has 4 heteroatoms. The first-order chi connectivity index (χ1) is 8.81. The summed E-state index contributed by atoms with van der Waals surface area (Å²) in [5, 5.41) is 6.86. The van der Waals surface area contributed by atoms with Crippen LogP contribution >= 0.6 is 11.3 Å². The van der Waals surface area contributed by atoms with Crippen molar-refractivity contribution in [2.24, 2.45) is 0 Å². The van der Waals surface area contributed by atoms with Gasteiger partial charge in [-0.25, -0.2) is 4.98 Å². The molecule has 0 amide bonds. The molecule has 2 aromatic heterocycles. The summed E-state index contributed by atoms with van der Waals surface area (Å²) in [7, 11) is 0. The van der Waals surface area contributed by atoms with Gasteiger partial charge in [0.05, 0.1) is 5.01 Å². The van der Waals surface area contributed by atoms with Crippen LogP contribution < -0.4 is 5.32 Å². The number of nitrogens with one attached hydrogen (secondary N) is 1. The molecule has 3 rings (SSSR count). The van der Waals surface area contributed by atoms with Gasteiger partial charge in [-0.3, -0.25) is 0 Å². The van der Waals surface area contributed by atoms with Crippen molar-refractivity contribution in [1.82, 2.24) is 10.3 Å². The molecule has 96 valence electrons. The van der Waals surface area contributed by atoms with Gasteiger partial charge in [0.2, 0.25) is 0 Å². The van der Waals surface area contributed by atoms with Gasteiger partial charge in [-0.1, -0.05) is 6.42 Å². The zero-order valence-electron chi connectivity index (χ0n) is 10.6. The van der Waals surface area contributed by atoms with Gasteiger partial charge in [-0.15, -0.1) is 11.3 Å². The summed E-state index contributed by atoms with van der Waals surface area (Å²) in [6.45, 7) is 3.11. The zero-order chi connectivity index (χ0) is 12.4. The molecule has 1 fully saturated rings. The fourth-order valence-corrected chi connectivity index (χ4v) is 3.26. The quantitative estimate of drug-likeness (QED) is 0.921. The summed E-state index contributed by atoms with van der Waals surface area (Å²) in [6, 6.07) is 4.58. The van der Waals surface area contributed by atoms with E-state index in [4.69, 9.17) is 4.42 Å². The Morgan fingerprint density at radius 3 is 3.11 bits per heavy atom. The highest BCUT2D eigenvalue weighted by molar-refractivity contribution is 7.09. The molecular formula is C14H18N2OS. The Kier molecular flexibility index (Phi) is 3.48. The van der Waals surface area contributed by atoms with Gasteiger partial charge in [0.15, 0.2) is 5.76 Å². The van der Waals surface area contributed by atoms with Crippen LogP contribution in [0.15, 0.2) is 21.9 Å². The third-order valence-electron chi connectivity index (χ3n) is 3.38. The molecule has 0 bridgehead atoms. The first kappa shape index (κ1) is 11.9. The Balaban J connectivity index is 1.69. The van der Waals surface area contributed by atoms with E-state index in [1.807, 2.05) is 19.1 Å². The maximum Gasteiger partial charge on any atom is 0.153 e. The summed E-state index contributed by atoms with van der Waals surface area (Å²) in [4.78, 5) is 4.67. The molecule has 1 N–H and O–H groups in total. The lowest BCUT2D eigenvalue weighted by atomic mass is 10.0. The summed E-state index contributed by atoms with van der Waals surface area (Å²) >= 11 is 1.74. The van der Waals surface area contributed by atoms with Crippen molar-refractivity contribution in [1.29, 1.82) is 0 Å². The topological polar surface area (TPSA) is 38.1 Å². The van der Waals surface area contributed by atoms with E-state index in [0.717, 1.165) is 30.2 Å². The molecule has 2 aromatic rings. The molecule has 1 unspecified atom stereocenters. The van der Waals surface area contributed by atoms with Crippen molar-refractivity contribution in [2.45, 2.75) is 38.6 Å². The number of aromatic nitrogens is 1. The summed E-state index contributed by atoms with van der Waals surface area (Å²) in [5.41, 5.74) is 0.971. The molecule has 1 aliphatic heterocycles. The van der Waals surface area contributed by atoms with Gasteiger partial charge in [-0.2, -0.15) is 0 Å². The van der Waals surface area contributed by atoms with Crippen LogP contribution in [0.1, 0.15) is 30.0 Å². The second-order valence-electron chi connectivity index (χ2n) is 4.89. The lowest BCUT2D eigenvalue weighted by Gasteiger charge is -2.22. The van der Waals surface area contributed by atoms with E-state index < -0.39 is 0 Å². The van der Waals surface area contributed by atoms with Crippen LogP contribution in [-0.2, 0) is 6.42 Å². The van der Waals surface area contributed by atoms with E-state index in [9.17, 15) is 0 Å². The van der Waals surface area contributed by atoms with Crippen LogP contribution in [0.3, 0.4) is 0 Å². The molecule has 18 heavy (non-hydrogen) atoms. The van der Waals surface area contributed by atoms with Crippen molar-refractivity contribution >= 4 is 11.3 Å². The highest BCUT2D eigenvalue weighted by atomic mass is 32.1. The molecular weight excluding hydrogens is 244 g/mol. The number of rotatable bonds is 3. The summed E-state index contributed by atoms with van der Waals surface area (Å²) in [5.74, 6) is 1.82. The minimum Gasteiger partial charge on any atom is -0.460 e. The normalized spacial score (nSPS) is 20.2. The molecule has 0 spiro atoms. The monoisotopic (exact) mass is 262 g/mol. The molecule has 3 nitrogen and oxygen atoms in total. The number of nitrogens with zero attached hydrogens (tertiary/aromatic N) is 1. The fraction of sp³-hybridized carbons (Fsp3) is 0.500. The van der Waals surface area contributed by atoms with Crippen molar-refractivity contribution in [3.63, 3.8) is 0 Å². The molecule has 0 radical (unpaired) electrons. The third kappa shape index (κ3) is 2.65. The fourth-order valence-electron chi connectivity index (χ4n) is 2.40. The number of thiazole rings is 1. The van der Waals surface area contributed by atoms with Crippen LogP contribution in [-0.4, -0.2) is 17.6 Å². The third-order valence-corrected chi connectivity index (χ3v) is 4.25. The SMILES string of the molecule is Cc1ccc(-c2csc(CC3CCCCN3)n2)o1. The highest BCUT2D eigenvalue weighted by Crippen LogP contribution is 2.25. The van der Waals surface area contributed by atoms with Crippen LogP contribution in [0.5, 0.6) is 0 Å². The highest BCUT2D eigenvalue weighted by Gasteiger charge is 2.15. The van der Waals surface area contributed by atoms with Gasteiger partial charge in [0.1, 0.15) is 11.5 Å². The van der Waals surface area contributed by atoms with E-state index in [2.05, 4.69) is 15.7 Å². The first-order valence-corrected chi connectivity index (χ1v) is 7.44. The summed E-state index contributed by atoms with van der Waals surface area (Å²) < 4.78 is 5.60. The molecule has 0 aromatic carbocycles. The van der Waals surface area contributed by atoms with Crippen molar-refractivity contribution < 1.29 is 4.42 Å². The second kappa shape index (κ2) is 5.24. The number of hydrogen-bond donors (Lipinski definition) is 1. The van der Waals surface area contributed by atoms with Crippen LogP contribution in [0.4, 0.5) is 0 Å². The van der Waals surface area contributed by atoms with Crippen LogP contribution in [0.25, 0.3) is 11.5 Å². The van der Waals surface area contributed by atoms with Gasteiger partial charge < -0.3 is 9.73 Å². The Morgan fingerprint density at radius 1 is 1.44 bits per heavy atom. The minimum absolute atomic E-state index is 0.607. The van der Waals surface area contributed by atoms with E-state index in [1.165, 1.54) is 24.3 Å². The van der Waals surface area contributed by atoms with Crippen LogP contribution in [0.2, 0.25) is 0 Å². The molecule has 0 saturated carbocycles. The lowest BCUT2D eigenvalue weighted by Crippen LogP contribution is -2.35. The predicted molar refractivity (Wildman–Crippen MR) is 73.9 cm³/mol. The second-order valence-corrected chi connectivity index (χ2v) is 5.83. The molecule has 1 aliphatic rings. The van der Waals surface area contributed by atoms with E-state index in [0.29, 0.717) is 6.04 Å². The van der Waals surface area contributed by atoms with E-state index in [1.54, 1.807) is 11.3 Å². The lowest BCUT2D eigenvalue weighted by molar-refractivity contribution is 0.399. The Hall–Kier alpha value is -1.13. The van der Waals surface area contributed by atoms with Gasteiger partial charge in [0.25, 0.3) is 0 Å². The standard InChI is InChI=1S/C14H18N2OS/c1-10-5-6-13(17-10)12-9-18-14(16-12)8-11-4-2-3-7-15-11/h5-6,9,11,15H,2-4,7-8H2,1H3. The van der Waals surface area contributed by atoms with Crippen molar-refractivity contribution in [2.75, 3.05) is 6.54 Å². The van der Waals surface area contributed by atoms with Gasteiger partial charge >= 0.3 is 0 Å². The van der Waals surface area contributed by atoms with Gasteiger partial charge in [0, 0.05) is 17.8 Å². The molecule has 1 atom stereocenters.